The molecule has 0 saturated carbocycles. The average Bonchev–Trinajstić information content (AvgIpc) is 3.65. The molecule has 2 heterocycles. The highest BCUT2D eigenvalue weighted by atomic mass is 16.6. The van der Waals surface area contributed by atoms with Gasteiger partial charge in [0.2, 0.25) is 41.1 Å². The fourth-order valence-electron chi connectivity index (χ4n) is 8.01. The summed E-state index contributed by atoms with van der Waals surface area (Å²) in [5, 5.41) is 90.9. The molecule has 476 valence electrons. The van der Waals surface area contributed by atoms with E-state index in [1.165, 1.54) is 4.90 Å². The third-order valence-electron chi connectivity index (χ3n) is 11.8. The minimum absolute atomic E-state index is 0.0114. The van der Waals surface area contributed by atoms with Crippen molar-refractivity contribution in [2.45, 2.75) is 93.9 Å². The number of hydrogen-bond donors (Lipinski definition) is 16. The SMILES string of the molecule is C#CCOCCOCCOCCOCCC(=O)N(CCOCCCNC(=O)CO[C@@H]([C@@H]1OC(C(=O)O)=C[C@H](NC(=N)N)[C@H]1NC(C)=O)[C@H](O)CO)CCOCCCNC(=O)CO[C@@H]([C@@H]1OC(C(=O)O)=C[C@H](NC(=N)N)[C@H]1NC(C)=O)[C@H](O)CO. The van der Waals surface area contributed by atoms with Gasteiger partial charge in [0.15, 0.2) is 24.1 Å². The van der Waals surface area contributed by atoms with Crippen molar-refractivity contribution in [2.75, 3.05) is 132 Å². The Labute approximate surface area is 484 Å². The number of nitrogens with zero attached hydrogens (tertiary/aromatic N) is 1. The standard InChI is InChI=1S/C50H83N11O23/c1-4-12-75-18-20-79-22-23-80-21-19-78-15-7-40(70)61(10-16-76-13-5-8-55-38(68)28-81-43(34(66)26-62)45-41(57-30(2)64)32(59-49(51)52)24-36(83-45)47(71)72)11-17-77-14-6-9-56-39(69)29-82-44(35(67)27-63)46-42(58-31(3)65)33(60-50(53)54)25-37(84-46)48(73)74/h1,24-25,32-35,41-46,62-63,66-67H,5-23,26-29H2,2-3H3,(H,55,68)(H,56,69)(H,57,64)(H,58,65)(H,71,72)(H,73,74)(H4,51,52,59)(H4,53,54,60)/t32-,33-,34+,35+,41+,42+,43+,44+,45+,46+/m0/s1. The van der Waals surface area contributed by atoms with Crippen LogP contribution in [0.3, 0.4) is 0 Å². The van der Waals surface area contributed by atoms with Crippen LogP contribution in [0.25, 0.3) is 0 Å². The summed E-state index contributed by atoms with van der Waals surface area (Å²) >= 11 is 0. The maximum Gasteiger partial charge on any atom is 0.370 e. The van der Waals surface area contributed by atoms with E-state index >= 15 is 0 Å². The van der Waals surface area contributed by atoms with E-state index in [1.807, 2.05) is 0 Å². The summed E-state index contributed by atoms with van der Waals surface area (Å²) in [6.45, 7) is 2.08. The molecule has 5 amide bonds. The van der Waals surface area contributed by atoms with Crippen molar-refractivity contribution in [1.29, 1.82) is 10.8 Å². The molecule has 0 aromatic carbocycles. The lowest BCUT2D eigenvalue weighted by molar-refractivity contribution is -0.159. The lowest BCUT2D eigenvalue weighted by Gasteiger charge is -2.41. The number of ether oxygens (including phenoxy) is 10. The van der Waals surface area contributed by atoms with E-state index in [1.54, 1.807) is 0 Å². The quantitative estimate of drug-likeness (QED) is 0.0117. The second kappa shape index (κ2) is 41.9. The maximum atomic E-state index is 13.4. The second-order valence-electron chi connectivity index (χ2n) is 18.4. The molecule has 0 aromatic heterocycles. The summed E-state index contributed by atoms with van der Waals surface area (Å²) in [5.74, 6) is -5.99. The lowest BCUT2D eigenvalue weighted by atomic mass is 9.91. The summed E-state index contributed by atoms with van der Waals surface area (Å²) in [7, 11) is 0. The van der Waals surface area contributed by atoms with Gasteiger partial charge in [0.1, 0.15) is 44.2 Å². The van der Waals surface area contributed by atoms with Gasteiger partial charge in [-0.2, -0.15) is 0 Å². The van der Waals surface area contributed by atoms with Crippen molar-refractivity contribution < 1.29 is 112 Å². The van der Waals surface area contributed by atoms with Crippen LogP contribution in [0.1, 0.15) is 33.1 Å². The fourth-order valence-corrected chi connectivity index (χ4v) is 8.01. The minimum atomic E-state index is -1.73. The van der Waals surface area contributed by atoms with Crippen LogP contribution >= 0.6 is 0 Å². The largest absolute Gasteiger partial charge is 0.478 e. The average molecular weight is 1210 g/mol. The summed E-state index contributed by atoms with van der Waals surface area (Å²) in [6.07, 6.45) is -1.78. The van der Waals surface area contributed by atoms with Crippen LogP contribution in [-0.4, -0.2) is 282 Å². The number of aliphatic carboxylic acids is 2. The second-order valence-corrected chi connectivity index (χ2v) is 18.4. The van der Waals surface area contributed by atoms with E-state index < -0.39 is 146 Å². The number of aliphatic hydroxyl groups excluding tert-OH is 4. The van der Waals surface area contributed by atoms with Crippen molar-refractivity contribution in [3.63, 3.8) is 0 Å². The van der Waals surface area contributed by atoms with Crippen LogP contribution in [0.4, 0.5) is 0 Å². The number of guanidine groups is 2. The van der Waals surface area contributed by atoms with E-state index in [4.69, 9.17) is 76.1 Å². The predicted octanol–water partition coefficient (Wildman–Crippen LogP) is -7.13. The van der Waals surface area contributed by atoms with Crippen molar-refractivity contribution in [3.05, 3.63) is 23.7 Å². The Balaban J connectivity index is 1.93. The van der Waals surface area contributed by atoms with Gasteiger partial charge < -0.3 is 126 Å². The highest BCUT2D eigenvalue weighted by Gasteiger charge is 2.47. The molecule has 0 fully saturated rings. The summed E-state index contributed by atoms with van der Waals surface area (Å²) in [6, 6.07) is -4.68. The van der Waals surface area contributed by atoms with Crippen LogP contribution in [0.5, 0.6) is 0 Å². The van der Waals surface area contributed by atoms with Gasteiger partial charge in [0, 0.05) is 53.2 Å². The van der Waals surface area contributed by atoms with Gasteiger partial charge in [0.25, 0.3) is 0 Å². The minimum Gasteiger partial charge on any atom is -0.478 e. The number of aliphatic hydroxyl groups is 4. The van der Waals surface area contributed by atoms with Gasteiger partial charge in [-0.05, 0) is 25.0 Å². The topological polar surface area (TPSA) is 508 Å². The van der Waals surface area contributed by atoms with Crippen LogP contribution in [-0.2, 0) is 80.9 Å². The van der Waals surface area contributed by atoms with Crippen molar-refractivity contribution in [1.82, 2.24) is 36.8 Å². The molecule has 0 saturated heterocycles. The Kier molecular flexibility index (Phi) is 36.5. The van der Waals surface area contributed by atoms with Crippen LogP contribution in [0.2, 0.25) is 0 Å². The molecule has 34 heteroatoms. The van der Waals surface area contributed by atoms with Crippen molar-refractivity contribution in [3.8, 4) is 12.3 Å². The van der Waals surface area contributed by atoms with Gasteiger partial charge in [-0.15, -0.1) is 6.42 Å². The van der Waals surface area contributed by atoms with E-state index in [0.29, 0.717) is 39.3 Å². The highest BCUT2D eigenvalue weighted by molar-refractivity contribution is 5.86. The summed E-state index contributed by atoms with van der Waals surface area (Å²) < 4.78 is 55.5. The molecular formula is C50H83N11O23. The number of amides is 5. The number of hydrogen-bond acceptors (Lipinski definition) is 23. The summed E-state index contributed by atoms with van der Waals surface area (Å²) in [5.41, 5.74) is 11.0. The van der Waals surface area contributed by atoms with E-state index in [0.717, 1.165) is 26.0 Å². The number of carbonyl (C=O) groups excluding carboxylic acids is 5. The Bertz CT molecular complexity index is 2070. The first-order valence-corrected chi connectivity index (χ1v) is 26.6. The van der Waals surface area contributed by atoms with Gasteiger partial charge in [-0.25, -0.2) is 9.59 Å². The molecule has 0 aromatic rings. The van der Waals surface area contributed by atoms with Gasteiger partial charge in [0.05, 0.1) is 103 Å². The predicted molar refractivity (Wildman–Crippen MR) is 290 cm³/mol. The Hall–Kier alpha value is -7.01. The third kappa shape index (κ3) is 29.5. The zero-order chi connectivity index (χ0) is 62.4. The molecule has 18 N–H and O–H groups in total. The van der Waals surface area contributed by atoms with Gasteiger partial charge in [-0.3, -0.25) is 34.8 Å². The van der Waals surface area contributed by atoms with Crippen molar-refractivity contribution in [2.24, 2.45) is 11.5 Å². The Morgan fingerprint density at radius 1 is 0.619 bits per heavy atom. The number of carboxylic acid groups (broad SMARTS) is 2. The molecule has 2 aliphatic rings. The first-order chi connectivity index (χ1) is 40.1. The van der Waals surface area contributed by atoms with Gasteiger partial charge in [-0.1, -0.05) is 5.92 Å². The van der Waals surface area contributed by atoms with E-state index in [9.17, 15) is 64.2 Å². The molecule has 0 bridgehead atoms. The molecule has 2 rings (SSSR count). The molecule has 2 aliphatic heterocycles. The molecule has 0 spiro atoms. The third-order valence-corrected chi connectivity index (χ3v) is 11.8. The zero-order valence-electron chi connectivity index (χ0n) is 47.0. The van der Waals surface area contributed by atoms with Crippen LogP contribution < -0.4 is 43.4 Å². The smallest absolute Gasteiger partial charge is 0.370 e. The number of nitrogens with one attached hydrogen (secondary N) is 8. The summed E-state index contributed by atoms with van der Waals surface area (Å²) in [4.78, 5) is 88.6. The lowest BCUT2D eigenvalue weighted by Crippen LogP contribution is -2.64. The van der Waals surface area contributed by atoms with Crippen LogP contribution in [0.15, 0.2) is 23.7 Å². The monoisotopic (exact) mass is 1210 g/mol. The van der Waals surface area contributed by atoms with Gasteiger partial charge >= 0.3 is 11.9 Å². The number of rotatable bonds is 45. The zero-order valence-corrected chi connectivity index (χ0v) is 47.0. The molecule has 84 heavy (non-hydrogen) atoms. The molecule has 0 unspecified atom stereocenters. The normalized spacial score (nSPS) is 19.6. The van der Waals surface area contributed by atoms with E-state index in [-0.39, 0.29) is 91.4 Å². The van der Waals surface area contributed by atoms with E-state index in [2.05, 4.69) is 37.8 Å². The fraction of sp³-hybridized carbons (Fsp3) is 0.700. The first-order valence-electron chi connectivity index (χ1n) is 26.6. The Morgan fingerprint density at radius 2 is 1.00 bits per heavy atom. The van der Waals surface area contributed by atoms with Crippen LogP contribution in [0, 0.1) is 23.2 Å². The number of carbonyl (C=O) groups is 7. The molecule has 34 nitrogen and oxygen atoms in total. The Morgan fingerprint density at radius 3 is 1.36 bits per heavy atom. The number of terminal acetylenes is 1. The number of nitrogens with two attached hydrogens (primary N) is 2. The first kappa shape index (κ1) is 73.1. The molecular weight excluding hydrogens is 1120 g/mol. The number of carboxylic acids is 2. The molecule has 0 radical (unpaired) electrons. The molecule has 10 atom stereocenters. The van der Waals surface area contributed by atoms with Crippen molar-refractivity contribution >= 4 is 53.4 Å². The highest BCUT2D eigenvalue weighted by Crippen LogP contribution is 2.27. The maximum absolute atomic E-state index is 13.4. The molecule has 0 aliphatic carbocycles.